The fourth-order valence-corrected chi connectivity index (χ4v) is 3.36. The normalized spacial score (nSPS) is 9.83. The summed E-state index contributed by atoms with van der Waals surface area (Å²) in [5.41, 5.74) is 1.97. The van der Waals surface area contributed by atoms with Crippen LogP contribution in [0.1, 0.15) is 7.43 Å². The van der Waals surface area contributed by atoms with Gasteiger partial charge in [0.2, 0.25) is 0 Å². The largest absolute Gasteiger partial charge is 0.0776 e. The first-order valence-corrected chi connectivity index (χ1v) is 5.97. The molecule has 0 aliphatic heterocycles. The number of hydrogen-bond donors (Lipinski definition) is 0. The second-order valence-corrected chi connectivity index (χ2v) is 4.81. The third-order valence-corrected chi connectivity index (χ3v) is 3.71. The first-order chi connectivity index (χ1) is 5.29. The molecule has 0 saturated heterocycles. The maximum Gasteiger partial charge on any atom is -0.0776 e. The fraction of sp³-hybridized carbons (Fsp3) is 0.143. The van der Waals surface area contributed by atoms with Crippen molar-refractivity contribution in [1.29, 1.82) is 0 Å². The Balaban J connectivity index is 0.000000720. The molecule has 0 saturated carbocycles. The maximum atomic E-state index is 4.28. The van der Waals surface area contributed by atoms with Gasteiger partial charge in [0.15, 0.2) is 0 Å². The van der Waals surface area contributed by atoms with E-state index in [0.29, 0.717) is 0 Å². The Kier molecular flexibility index (Phi) is 3.46. The van der Waals surface area contributed by atoms with Crippen molar-refractivity contribution in [2.45, 2.75) is 7.43 Å². The average Bonchev–Trinajstić information content (AvgIpc) is 2.45. The zero-order valence-corrected chi connectivity index (χ0v) is 10.1. The molecule has 0 atom stereocenters. The standard InChI is InChI=1S/C6H2Br2N2Se.CH4/c7-3-1-2-4(8)6-5(3)9-11-10-6;/h1-2H;1H4. The van der Waals surface area contributed by atoms with E-state index in [2.05, 4.69) is 39.8 Å². The number of nitrogens with zero attached hydrogens (tertiary/aromatic N) is 2. The van der Waals surface area contributed by atoms with Gasteiger partial charge in [-0.05, 0) is 0 Å². The van der Waals surface area contributed by atoms with E-state index in [1.54, 1.807) is 0 Å². The summed E-state index contributed by atoms with van der Waals surface area (Å²) in [4.78, 5) is 0. The van der Waals surface area contributed by atoms with Gasteiger partial charge in [-0.1, -0.05) is 7.43 Å². The summed E-state index contributed by atoms with van der Waals surface area (Å²) in [6, 6.07) is 3.95. The summed E-state index contributed by atoms with van der Waals surface area (Å²) < 4.78 is 10.6. The van der Waals surface area contributed by atoms with Crippen LogP contribution in [-0.2, 0) is 0 Å². The van der Waals surface area contributed by atoms with Crippen LogP contribution in [0.3, 0.4) is 0 Å². The quantitative estimate of drug-likeness (QED) is 0.678. The van der Waals surface area contributed by atoms with Crippen molar-refractivity contribution < 1.29 is 0 Å². The van der Waals surface area contributed by atoms with E-state index in [1.807, 2.05) is 12.1 Å². The van der Waals surface area contributed by atoms with E-state index in [-0.39, 0.29) is 22.4 Å². The van der Waals surface area contributed by atoms with E-state index in [0.717, 1.165) is 20.0 Å². The van der Waals surface area contributed by atoms with Crippen LogP contribution in [0.5, 0.6) is 0 Å². The van der Waals surface area contributed by atoms with Crippen LogP contribution in [0, 0.1) is 0 Å². The van der Waals surface area contributed by atoms with E-state index >= 15 is 0 Å². The van der Waals surface area contributed by atoms with Crippen LogP contribution in [0.15, 0.2) is 21.1 Å². The Hall–Kier alpha value is 0.299. The number of halogens is 2. The molecule has 1 aromatic heterocycles. The molecule has 0 aliphatic rings. The van der Waals surface area contributed by atoms with Gasteiger partial charge >= 0.3 is 86.9 Å². The Labute approximate surface area is 93.9 Å². The molecule has 0 fully saturated rings. The molecule has 0 radical (unpaired) electrons. The molecule has 2 aromatic rings. The Morgan fingerprint density at radius 2 is 1.42 bits per heavy atom. The molecule has 12 heavy (non-hydrogen) atoms. The van der Waals surface area contributed by atoms with Gasteiger partial charge in [0.05, 0.1) is 0 Å². The van der Waals surface area contributed by atoms with Crippen molar-refractivity contribution in [3.8, 4) is 0 Å². The van der Waals surface area contributed by atoms with E-state index in [9.17, 15) is 0 Å². The van der Waals surface area contributed by atoms with Crippen molar-refractivity contribution in [2.24, 2.45) is 0 Å². The molecule has 2 rings (SSSR count). The van der Waals surface area contributed by atoms with Crippen LogP contribution in [-0.4, -0.2) is 22.9 Å². The zero-order valence-electron chi connectivity index (χ0n) is 5.21. The van der Waals surface area contributed by atoms with Gasteiger partial charge in [-0.25, -0.2) is 0 Å². The monoisotopic (exact) mass is 356 g/mol. The molecule has 0 N–H and O–H groups in total. The average molecular weight is 357 g/mol. The summed E-state index contributed by atoms with van der Waals surface area (Å²) in [5, 5.41) is 0. The minimum atomic E-state index is 0. The maximum absolute atomic E-state index is 4.28. The van der Waals surface area contributed by atoms with Gasteiger partial charge in [0, 0.05) is 0 Å². The summed E-state index contributed by atoms with van der Waals surface area (Å²) in [6.07, 6.45) is 0. The smallest absolute Gasteiger partial charge is 0.0776 e. The number of rotatable bonds is 0. The third kappa shape index (κ3) is 1.64. The number of hydrogen-bond acceptors (Lipinski definition) is 2. The summed E-state index contributed by atoms with van der Waals surface area (Å²) in [6.45, 7) is 0. The second kappa shape index (κ2) is 4.01. The van der Waals surface area contributed by atoms with Gasteiger partial charge in [0.1, 0.15) is 0 Å². The fourth-order valence-electron chi connectivity index (χ4n) is 0.806. The summed E-state index contributed by atoms with van der Waals surface area (Å²) in [5.74, 6) is 0. The van der Waals surface area contributed by atoms with Crippen molar-refractivity contribution in [1.82, 2.24) is 7.96 Å². The Morgan fingerprint density at radius 3 is 1.83 bits per heavy atom. The molecule has 64 valence electrons. The van der Waals surface area contributed by atoms with Crippen LogP contribution in [0.25, 0.3) is 11.0 Å². The van der Waals surface area contributed by atoms with E-state index in [4.69, 9.17) is 0 Å². The molecule has 0 bridgehead atoms. The third-order valence-electron chi connectivity index (χ3n) is 1.32. The number of fused-ring (bicyclic) bond motifs is 1. The van der Waals surface area contributed by atoms with Crippen molar-refractivity contribution in [3.63, 3.8) is 0 Å². The van der Waals surface area contributed by atoms with E-state index < -0.39 is 0 Å². The van der Waals surface area contributed by atoms with Crippen molar-refractivity contribution in [3.05, 3.63) is 21.1 Å². The van der Waals surface area contributed by atoms with Gasteiger partial charge in [0.25, 0.3) is 0 Å². The predicted molar refractivity (Wildman–Crippen MR) is 58.6 cm³/mol. The van der Waals surface area contributed by atoms with Gasteiger partial charge in [-0.15, -0.1) is 0 Å². The van der Waals surface area contributed by atoms with Gasteiger partial charge < -0.3 is 0 Å². The SMILES string of the molecule is Brc1ccc(Br)c2n[se]nc12.C. The molecule has 1 aromatic carbocycles. The van der Waals surface area contributed by atoms with Crippen molar-refractivity contribution >= 4 is 57.9 Å². The molecule has 1 heterocycles. The first-order valence-electron chi connectivity index (χ1n) is 2.85. The number of aromatic nitrogens is 2. The van der Waals surface area contributed by atoms with Crippen LogP contribution in [0.4, 0.5) is 0 Å². The molecule has 0 unspecified atom stereocenters. The zero-order chi connectivity index (χ0) is 7.84. The van der Waals surface area contributed by atoms with Gasteiger partial charge in [-0.2, -0.15) is 0 Å². The Morgan fingerprint density at radius 1 is 1.00 bits per heavy atom. The van der Waals surface area contributed by atoms with E-state index in [1.165, 1.54) is 0 Å². The minimum Gasteiger partial charge on any atom is -0.0776 e. The summed E-state index contributed by atoms with van der Waals surface area (Å²) in [7, 11) is 0. The predicted octanol–water partition coefficient (Wildman–Crippen LogP) is 2.85. The molecule has 0 aliphatic carbocycles. The minimum absolute atomic E-state index is 0. The van der Waals surface area contributed by atoms with Crippen LogP contribution >= 0.6 is 31.9 Å². The molecule has 2 nitrogen and oxygen atoms in total. The topological polar surface area (TPSA) is 25.8 Å². The van der Waals surface area contributed by atoms with Crippen LogP contribution in [0.2, 0.25) is 0 Å². The molecule has 0 amide bonds. The molecule has 5 heteroatoms. The Bertz CT molecular complexity index is 363. The number of benzene rings is 1. The second-order valence-electron chi connectivity index (χ2n) is 1.99. The molecular weight excluding hydrogens is 351 g/mol. The summed E-state index contributed by atoms with van der Waals surface area (Å²) >= 11 is 6.88. The molecule has 0 spiro atoms. The first kappa shape index (κ1) is 10.4. The van der Waals surface area contributed by atoms with Crippen molar-refractivity contribution in [2.75, 3.05) is 0 Å². The van der Waals surface area contributed by atoms with Crippen LogP contribution < -0.4 is 0 Å². The van der Waals surface area contributed by atoms with Gasteiger partial charge in [-0.3, -0.25) is 0 Å². The molecular formula is C7H6Br2N2Se.